The number of amides is 1. The lowest BCUT2D eigenvalue weighted by Crippen LogP contribution is -2.36. The van der Waals surface area contributed by atoms with Gasteiger partial charge in [-0.2, -0.15) is 13.2 Å². The van der Waals surface area contributed by atoms with Gasteiger partial charge in [0, 0.05) is 35.5 Å². The van der Waals surface area contributed by atoms with Gasteiger partial charge in [0.25, 0.3) is 5.91 Å². The molecule has 168 valence electrons. The molecule has 1 aliphatic heterocycles. The first-order valence-electron chi connectivity index (χ1n) is 10.5. The molecule has 1 fully saturated rings. The molecule has 0 radical (unpaired) electrons. The molecular formula is C25H19F3N2O3. The highest BCUT2D eigenvalue weighted by molar-refractivity contribution is 6.22. The van der Waals surface area contributed by atoms with E-state index in [4.69, 9.17) is 4.74 Å². The monoisotopic (exact) mass is 452 g/mol. The molecule has 3 aromatic carbocycles. The maximum atomic E-state index is 13.8. The Bertz CT molecular complexity index is 1260. The number of carbonyl (C=O) groups is 2. The van der Waals surface area contributed by atoms with E-state index in [2.05, 4.69) is 5.32 Å². The van der Waals surface area contributed by atoms with E-state index in [1.165, 1.54) is 18.2 Å². The summed E-state index contributed by atoms with van der Waals surface area (Å²) in [6, 6.07) is 15.6. The fourth-order valence-electron chi connectivity index (χ4n) is 4.26. The third kappa shape index (κ3) is 3.87. The van der Waals surface area contributed by atoms with Crippen LogP contribution in [-0.2, 0) is 10.9 Å². The average Bonchev–Trinajstić information content (AvgIpc) is 3.11. The summed E-state index contributed by atoms with van der Waals surface area (Å²) < 4.78 is 46.6. The molecule has 0 bridgehead atoms. The fourth-order valence-corrected chi connectivity index (χ4v) is 4.26. The van der Waals surface area contributed by atoms with Crippen molar-refractivity contribution in [1.29, 1.82) is 0 Å². The standard InChI is InChI=1S/C25H19F3N2O3/c26-25(27,28)21-14-16(30-9-11-33-12-10-30)6-8-22(21)29-24(32)15-5-7-18-17-3-1-2-4-19(17)23(31)20(18)13-15/h1-8,13-14H,9-12H2,(H,29,32). The predicted molar refractivity (Wildman–Crippen MR) is 118 cm³/mol. The van der Waals surface area contributed by atoms with Gasteiger partial charge in [0.1, 0.15) is 0 Å². The van der Waals surface area contributed by atoms with Crippen molar-refractivity contribution >= 4 is 23.1 Å². The number of hydrogen-bond acceptors (Lipinski definition) is 4. The van der Waals surface area contributed by atoms with E-state index in [0.29, 0.717) is 48.7 Å². The highest BCUT2D eigenvalue weighted by Gasteiger charge is 2.35. The number of morpholine rings is 1. The van der Waals surface area contributed by atoms with E-state index in [1.54, 1.807) is 24.3 Å². The Morgan fingerprint density at radius 2 is 1.58 bits per heavy atom. The van der Waals surface area contributed by atoms with Crippen molar-refractivity contribution < 1.29 is 27.5 Å². The number of benzene rings is 3. The van der Waals surface area contributed by atoms with Crippen LogP contribution in [0.25, 0.3) is 11.1 Å². The van der Waals surface area contributed by atoms with Gasteiger partial charge < -0.3 is 15.0 Å². The predicted octanol–water partition coefficient (Wildman–Crippen LogP) is 5.01. The number of anilines is 2. The number of nitrogens with zero attached hydrogens (tertiary/aromatic N) is 1. The quantitative estimate of drug-likeness (QED) is 0.475. The van der Waals surface area contributed by atoms with Crippen LogP contribution in [0.15, 0.2) is 60.7 Å². The van der Waals surface area contributed by atoms with Crippen molar-refractivity contribution in [2.75, 3.05) is 36.5 Å². The average molecular weight is 452 g/mol. The summed E-state index contributed by atoms with van der Waals surface area (Å²) in [5, 5.41) is 2.38. The molecule has 0 unspecified atom stereocenters. The normalized spacial score (nSPS) is 15.2. The fraction of sp³-hybridized carbons (Fsp3) is 0.200. The Hall–Kier alpha value is -3.65. The number of alkyl halides is 3. The van der Waals surface area contributed by atoms with Gasteiger partial charge in [-0.15, -0.1) is 0 Å². The number of hydrogen-bond donors (Lipinski definition) is 1. The van der Waals surface area contributed by atoms with E-state index in [1.807, 2.05) is 17.0 Å². The van der Waals surface area contributed by atoms with Crippen LogP contribution in [0.5, 0.6) is 0 Å². The zero-order chi connectivity index (χ0) is 23.2. The lowest BCUT2D eigenvalue weighted by Gasteiger charge is -2.29. The number of fused-ring (bicyclic) bond motifs is 3. The second-order valence-corrected chi connectivity index (χ2v) is 7.92. The van der Waals surface area contributed by atoms with E-state index in [0.717, 1.165) is 11.6 Å². The summed E-state index contributed by atoms with van der Waals surface area (Å²) in [4.78, 5) is 27.4. The Labute approximate surface area is 187 Å². The Balaban J connectivity index is 1.44. The molecule has 0 spiro atoms. The van der Waals surface area contributed by atoms with Gasteiger partial charge in [0.2, 0.25) is 0 Å². The molecule has 0 atom stereocenters. The topological polar surface area (TPSA) is 58.6 Å². The molecule has 0 saturated carbocycles. The molecule has 5 nitrogen and oxygen atoms in total. The summed E-state index contributed by atoms with van der Waals surface area (Å²) in [6.45, 7) is 1.88. The smallest absolute Gasteiger partial charge is 0.378 e. The summed E-state index contributed by atoms with van der Waals surface area (Å²) >= 11 is 0. The Kier molecular flexibility index (Phi) is 5.17. The minimum Gasteiger partial charge on any atom is -0.378 e. The van der Waals surface area contributed by atoms with Crippen LogP contribution in [0.2, 0.25) is 0 Å². The second-order valence-electron chi connectivity index (χ2n) is 7.92. The van der Waals surface area contributed by atoms with Crippen LogP contribution < -0.4 is 10.2 Å². The highest BCUT2D eigenvalue weighted by Crippen LogP contribution is 2.39. The van der Waals surface area contributed by atoms with Gasteiger partial charge in [0.15, 0.2) is 5.78 Å². The Morgan fingerprint density at radius 1 is 0.879 bits per heavy atom. The van der Waals surface area contributed by atoms with Crippen LogP contribution in [0, 0.1) is 0 Å². The minimum absolute atomic E-state index is 0.111. The number of ketones is 1. The second kappa shape index (κ2) is 8.04. The van der Waals surface area contributed by atoms with Gasteiger partial charge in [0.05, 0.1) is 24.5 Å². The summed E-state index contributed by atoms with van der Waals surface area (Å²) in [5.41, 5.74) is 1.67. The van der Waals surface area contributed by atoms with Gasteiger partial charge in [-0.1, -0.05) is 30.3 Å². The maximum absolute atomic E-state index is 13.8. The molecule has 1 amide bonds. The molecule has 1 heterocycles. The van der Waals surface area contributed by atoms with E-state index >= 15 is 0 Å². The molecule has 1 N–H and O–H groups in total. The molecule has 5 rings (SSSR count). The lowest BCUT2D eigenvalue weighted by atomic mass is 10.0. The number of halogens is 3. The van der Waals surface area contributed by atoms with E-state index in [9.17, 15) is 22.8 Å². The maximum Gasteiger partial charge on any atom is 0.418 e. The highest BCUT2D eigenvalue weighted by atomic mass is 19.4. The number of rotatable bonds is 3. The lowest BCUT2D eigenvalue weighted by molar-refractivity contribution is -0.136. The zero-order valence-electron chi connectivity index (χ0n) is 17.4. The number of carbonyl (C=O) groups excluding carboxylic acids is 2. The van der Waals surface area contributed by atoms with Crippen molar-refractivity contribution in [2.45, 2.75) is 6.18 Å². The molecule has 0 aromatic heterocycles. The first-order valence-corrected chi connectivity index (χ1v) is 10.5. The van der Waals surface area contributed by atoms with Crippen LogP contribution >= 0.6 is 0 Å². The third-order valence-electron chi connectivity index (χ3n) is 5.92. The van der Waals surface area contributed by atoms with Gasteiger partial charge >= 0.3 is 6.18 Å². The van der Waals surface area contributed by atoms with Crippen molar-refractivity contribution in [2.24, 2.45) is 0 Å². The first-order chi connectivity index (χ1) is 15.8. The third-order valence-corrected chi connectivity index (χ3v) is 5.92. The van der Waals surface area contributed by atoms with E-state index < -0.39 is 17.6 Å². The Morgan fingerprint density at radius 3 is 2.30 bits per heavy atom. The summed E-state index contributed by atoms with van der Waals surface area (Å²) in [5.74, 6) is -0.924. The van der Waals surface area contributed by atoms with Crippen molar-refractivity contribution in [1.82, 2.24) is 0 Å². The molecule has 2 aliphatic rings. The first kappa shape index (κ1) is 21.2. The summed E-state index contributed by atoms with van der Waals surface area (Å²) in [6.07, 6.45) is -4.65. The largest absolute Gasteiger partial charge is 0.418 e. The van der Waals surface area contributed by atoms with Crippen LogP contribution in [0.3, 0.4) is 0 Å². The molecule has 33 heavy (non-hydrogen) atoms. The number of ether oxygens (including phenoxy) is 1. The van der Waals surface area contributed by atoms with Crippen molar-refractivity contribution in [3.63, 3.8) is 0 Å². The van der Waals surface area contributed by atoms with Crippen LogP contribution in [0.1, 0.15) is 31.8 Å². The zero-order valence-corrected chi connectivity index (χ0v) is 17.4. The molecule has 8 heteroatoms. The molecular weight excluding hydrogens is 433 g/mol. The van der Waals surface area contributed by atoms with Gasteiger partial charge in [-0.3, -0.25) is 9.59 Å². The van der Waals surface area contributed by atoms with Crippen molar-refractivity contribution in [3.05, 3.63) is 82.9 Å². The minimum atomic E-state index is -4.65. The van der Waals surface area contributed by atoms with Gasteiger partial charge in [-0.25, -0.2) is 0 Å². The van der Waals surface area contributed by atoms with Crippen molar-refractivity contribution in [3.8, 4) is 11.1 Å². The summed E-state index contributed by atoms with van der Waals surface area (Å²) in [7, 11) is 0. The molecule has 3 aromatic rings. The molecule has 1 aliphatic carbocycles. The SMILES string of the molecule is O=C(Nc1ccc(N2CCOCC2)cc1C(F)(F)F)c1ccc2c(c1)C(=O)c1ccccc1-2. The van der Waals surface area contributed by atoms with Gasteiger partial charge in [-0.05, 0) is 41.5 Å². The van der Waals surface area contributed by atoms with Crippen LogP contribution in [-0.4, -0.2) is 38.0 Å². The number of nitrogens with one attached hydrogen (secondary N) is 1. The molecule has 1 saturated heterocycles. The van der Waals surface area contributed by atoms with Crippen LogP contribution in [0.4, 0.5) is 24.5 Å². The van der Waals surface area contributed by atoms with E-state index in [-0.39, 0.29) is 17.0 Å².